The monoisotopic (exact) mass is 207 g/mol. The second-order valence-corrected chi connectivity index (χ2v) is 3.09. The van der Waals surface area contributed by atoms with Crippen LogP contribution in [-0.2, 0) is 0 Å². The molecule has 1 aromatic rings. The summed E-state index contributed by atoms with van der Waals surface area (Å²) in [6.07, 6.45) is 0. The molecule has 0 saturated carbocycles. The Balaban J connectivity index is 2.65. The van der Waals surface area contributed by atoms with Gasteiger partial charge >= 0.3 is 0 Å². The molecule has 80 valence electrons. The number of oxime groups is 1. The molecule has 1 atom stereocenters. The van der Waals surface area contributed by atoms with Crippen molar-refractivity contribution in [1.82, 2.24) is 5.32 Å². The quantitative estimate of drug-likeness (QED) is 0.293. The molecule has 5 nitrogen and oxygen atoms in total. The summed E-state index contributed by atoms with van der Waals surface area (Å²) in [6.45, 7) is 1.63. The van der Waals surface area contributed by atoms with E-state index in [1.54, 1.807) is 31.2 Å². The SMILES string of the molecule is CC(NC(=O)c1ccccc1)/C(N)=N/O. The van der Waals surface area contributed by atoms with Crippen LogP contribution in [0.3, 0.4) is 0 Å². The fourth-order valence-corrected chi connectivity index (χ4v) is 1.03. The van der Waals surface area contributed by atoms with E-state index in [9.17, 15) is 4.79 Å². The van der Waals surface area contributed by atoms with E-state index in [1.807, 2.05) is 6.07 Å². The van der Waals surface area contributed by atoms with Gasteiger partial charge in [0.25, 0.3) is 5.91 Å². The number of carbonyl (C=O) groups excluding carboxylic acids is 1. The average molecular weight is 207 g/mol. The first-order valence-corrected chi connectivity index (χ1v) is 4.48. The molecule has 0 radical (unpaired) electrons. The third-order valence-corrected chi connectivity index (χ3v) is 1.94. The molecule has 4 N–H and O–H groups in total. The van der Waals surface area contributed by atoms with Crippen molar-refractivity contribution in [3.63, 3.8) is 0 Å². The second-order valence-electron chi connectivity index (χ2n) is 3.09. The Labute approximate surface area is 87.6 Å². The van der Waals surface area contributed by atoms with Crippen molar-refractivity contribution in [2.24, 2.45) is 10.9 Å². The van der Waals surface area contributed by atoms with E-state index >= 15 is 0 Å². The molecule has 15 heavy (non-hydrogen) atoms. The molecule has 0 saturated heterocycles. The third-order valence-electron chi connectivity index (χ3n) is 1.94. The molecule has 1 rings (SSSR count). The van der Waals surface area contributed by atoms with Gasteiger partial charge in [0, 0.05) is 5.56 Å². The molecule has 0 fully saturated rings. The van der Waals surface area contributed by atoms with Gasteiger partial charge in [0.15, 0.2) is 5.84 Å². The van der Waals surface area contributed by atoms with Crippen LogP contribution in [0.1, 0.15) is 17.3 Å². The molecule has 1 amide bonds. The molecule has 0 heterocycles. The van der Waals surface area contributed by atoms with Gasteiger partial charge < -0.3 is 16.3 Å². The topological polar surface area (TPSA) is 87.7 Å². The van der Waals surface area contributed by atoms with Crippen LogP contribution in [0.5, 0.6) is 0 Å². The van der Waals surface area contributed by atoms with Crippen molar-refractivity contribution >= 4 is 11.7 Å². The number of rotatable bonds is 3. The summed E-state index contributed by atoms with van der Waals surface area (Å²) in [6, 6.07) is 8.24. The Kier molecular flexibility index (Phi) is 3.68. The van der Waals surface area contributed by atoms with Crippen molar-refractivity contribution in [3.05, 3.63) is 35.9 Å². The third kappa shape index (κ3) is 2.98. The maximum absolute atomic E-state index is 11.6. The number of nitrogens with zero attached hydrogens (tertiary/aromatic N) is 1. The van der Waals surface area contributed by atoms with Gasteiger partial charge in [-0.05, 0) is 19.1 Å². The number of hydrogen-bond acceptors (Lipinski definition) is 3. The summed E-state index contributed by atoms with van der Waals surface area (Å²) in [7, 11) is 0. The molecule has 0 aliphatic heterocycles. The number of carbonyl (C=O) groups is 1. The van der Waals surface area contributed by atoms with Crippen molar-refractivity contribution < 1.29 is 10.0 Å². The molecule has 5 heteroatoms. The average Bonchev–Trinajstić information content (AvgIpc) is 2.29. The number of amidine groups is 1. The first-order valence-electron chi connectivity index (χ1n) is 4.48. The van der Waals surface area contributed by atoms with Gasteiger partial charge in [-0.3, -0.25) is 4.79 Å². The van der Waals surface area contributed by atoms with E-state index in [1.165, 1.54) is 0 Å². The van der Waals surface area contributed by atoms with Crippen LogP contribution in [0, 0.1) is 0 Å². The highest BCUT2D eigenvalue weighted by Gasteiger charge is 2.12. The molecule has 1 unspecified atom stereocenters. The van der Waals surface area contributed by atoms with Gasteiger partial charge in [-0.25, -0.2) is 0 Å². The number of benzene rings is 1. The number of hydrogen-bond donors (Lipinski definition) is 3. The van der Waals surface area contributed by atoms with Crippen LogP contribution >= 0.6 is 0 Å². The van der Waals surface area contributed by atoms with Crippen molar-refractivity contribution in [2.75, 3.05) is 0 Å². The summed E-state index contributed by atoms with van der Waals surface area (Å²) in [5.74, 6) is -0.283. The van der Waals surface area contributed by atoms with Crippen LogP contribution in [-0.4, -0.2) is 23.0 Å². The first kappa shape index (κ1) is 11.0. The molecule has 0 aliphatic carbocycles. The minimum absolute atomic E-state index is 0.0284. The Morgan fingerprint density at radius 1 is 1.47 bits per heavy atom. The minimum atomic E-state index is -0.497. The highest BCUT2D eigenvalue weighted by molar-refractivity contribution is 5.97. The highest BCUT2D eigenvalue weighted by Crippen LogP contribution is 1.98. The molecule has 0 bridgehead atoms. The number of nitrogens with one attached hydrogen (secondary N) is 1. The standard InChI is InChI=1S/C10H13N3O2/c1-7(9(11)13-15)12-10(14)8-5-3-2-4-6-8/h2-7,15H,1H3,(H2,11,13)(H,12,14). The number of nitrogens with two attached hydrogens (primary N) is 1. The van der Waals surface area contributed by atoms with E-state index in [4.69, 9.17) is 10.9 Å². The van der Waals surface area contributed by atoms with Crippen LogP contribution < -0.4 is 11.1 Å². The summed E-state index contributed by atoms with van der Waals surface area (Å²) in [4.78, 5) is 11.6. The smallest absolute Gasteiger partial charge is 0.251 e. The van der Waals surface area contributed by atoms with E-state index < -0.39 is 6.04 Å². The van der Waals surface area contributed by atoms with Crippen molar-refractivity contribution in [1.29, 1.82) is 0 Å². The van der Waals surface area contributed by atoms with Gasteiger partial charge in [-0.1, -0.05) is 23.4 Å². The zero-order valence-electron chi connectivity index (χ0n) is 8.34. The zero-order chi connectivity index (χ0) is 11.3. The maximum atomic E-state index is 11.6. The molecule has 0 aromatic heterocycles. The van der Waals surface area contributed by atoms with Gasteiger partial charge in [0.2, 0.25) is 0 Å². The van der Waals surface area contributed by atoms with E-state index in [0.717, 1.165) is 0 Å². The zero-order valence-corrected chi connectivity index (χ0v) is 8.34. The van der Waals surface area contributed by atoms with Crippen LogP contribution in [0.2, 0.25) is 0 Å². The molecule has 1 aromatic carbocycles. The largest absolute Gasteiger partial charge is 0.409 e. The molecule has 0 spiro atoms. The van der Waals surface area contributed by atoms with E-state index in [0.29, 0.717) is 5.56 Å². The fourth-order valence-electron chi connectivity index (χ4n) is 1.03. The number of amides is 1. The summed E-state index contributed by atoms with van der Waals surface area (Å²) in [5.41, 5.74) is 5.87. The van der Waals surface area contributed by atoms with Gasteiger partial charge in [0.05, 0.1) is 6.04 Å². The summed E-state index contributed by atoms with van der Waals surface area (Å²) in [5, 5.41) is 13.8. The lowest BCUT2D eigenvalue weighted by atomic mass is 10.2. The van der Waals surface area contributed by atoms with Crippen molar-refractivity contribution in [3.8, 4) is 0 Å². The molecule has 0 aliphatic rings. The van der Waals surface area contributed by atoms with E-state index in [-0.39, 0.29) is 11.7 Å². The molecular weight excluding hydrogens is 194 g/mol. The Morgan fingerprint density at radius 3 is 2.60 bits per heavy atom. The second kappa shape index (κ2) is 4.99. The van der Waals surface area contributed by atoms with E-state index in [2.05, 4.69) is 10.5 Å². The lowest BCUT2D eigenvalue weighted by Gasteiger charge is -2.11. The van der Waals surface area contributed by atoms with Crippen LogP contribution in [0.25, 0.3) is 0 Å². The predicted molar refractivity (Wildman–Crippen MR) is 56.8 cm³/mol. The minimum Gasteiger partial charge on any atom is -0.409 e. The van der Waals surface area contributed by atoms with Crippen molar-refractivity contribution in [2.45, 2.75) is 13.0 Å². The summed E-state index contributed by atoms with van der Waals surface area (Å²) >= 11 is 0. The highest BCUT2D eigenvalue weighted by atomic mass is 16.4. The van der Waals surface area contributed by atoms with Gasteiger partial charge in [-0.2, -0.15) is 0 Å². The van der Waals surface area contributed by atoms with Crippen LogP contribution in [0.15, 0.2) is 35.5 Å². The summed E-state index contributed by atoms with van der Waals surface area (Å²) < 4.78 is 0. The lowest BCUT2D eigenvalue weighted by molar-refractivity contribution is 0.0948. The molecular formula is C10H13N3O2. The van der Waals surface area contributed by atoms with Crippen LogP contribution in [0.4, 0.5) is 0 Å². The Bertz CT molecular complexity index is 362. The predicted octanol–water partition coefficient (Wildman–Crippen LogP) is 0.551. The normalized spacial score (nSPS) is 13.3. The Hall–Kier alpha value is -2.04. The lowest BCUT2D eigenvalue weighted by Crippen LogP contribution is -2.42. The maximum Gasteiger partial charge on any atom is 0.251 e. The Morgan fingerprint density at radius 2 is 2.07 bits per heavy atom. The van der Waals surface area contributed by atoms with Gasteiger partial charge in [0.1, 0.15) is 0 Å². The first-order chi connectivity index (χ1) is 7.15. The van der Waals surface area contributed by atoms with Gasteiger partial charge in [-0.15, -0.1) is 0 Å². The fraction of sp³-hybridized carbons (Fsp3) is 0.200.